The first-order valence-corrected chi connectivity index (χ1v) is 11.4. The van der Waals surface area contributed by atoms with Crippen LogP contribution < -0.4 is 15.6 Å². The van der Waals surface area contributed by atoms with Gasteiger partial charge in [0.15, 0.2) is 0 Å². The highest BCUT2D eigenvalue weighted by Gasteiger charge is 2.18. The summed E-state index contributed by atoms with van der Waals surface area (Å²) in [5, 5.41) is 4.66. The Kier molecular flexibility index (Phi) is 6.54. The molecule has 2 fully saturated rings. The normalized spacial score (nSPS) is 19.9. The fraction of sp³-hybridized carbons (Fsp3) is 0.619. The Bertz CT molecular complexity index is 842. The van der Waals surface area contributed by atoms with Gasteiger partial charge in [0.05, 0.1) is 23.3 Å². The minimum Gasteiger partial charge on any atom is -0.493 e. The molecule has 1 aromatic carbocycles. The first kappa shape index (κ1) is 19.7. The van der Waals surface area contributed by atoms with Crippen molar-refractivity contribution >= 4 is 22.7 Å². The van der Waals surface area contributed by atoms with Crippen LogP contribution in [0.3, 0.4) is 0 Å². The molecule has 0 saturated carbocycles. The fourth-order valence-corrected chi connectivity index (χ4v) is 5.01. The van der Waals surface area contributed by atoms with E-state index in [4.69, 9.17) is 9.72 Å². The van der Waals surface area contributed by atoms with Gasteiger partial charge in [0.25, 0.3) is 5.56 Å². The molecule has 0 radical (unpaired) electrons. The number of nitrogens with zero attached hydrogens (tertiary/aromatic N) is 2. The summed E-state index contributed by atoms with van der Waals surface area (Å²) in [6, 6.07) is 5.62. The zero-order valence-electron chi connectivity index (χ0n) is 16.6. The molecule has 0 atom stereocenters. The van der Waals surface area contributed by atoms with Crippen molar-refractivity contribution in [1.29, 1.82) is 0 Å². The van der Waals surface area contributed by atoms with Gasteiger partial charge in [-0.25, -0.2) is 4.98 Å². The SMILES string of the molecule is CN1CCC(SCc2nc3cc(OCC4CCNCC4)ccc3c(=O)[nH]2)CC1. The van der Waals surface area contributed by atoms with Crippen LogP contribution in [-0.4, -0.2) is 60.0 Å². The van der Waals surface area contributed by atoms with E-state index >= 15 is 0 Å². The van der Waals surface area contributed by atoms with E-state index in [0.29, 0.717) is 16.6 Å². The summed E-state index contributed by atoms with van der Waals surface area (Å²) in [7, 11) is 2.17. The molecule has 7 heteroatoms. The van der Waals surface area contributed by atoms with E-state index < -0.39 is 0 Å². The molecule has 0 bridgehead atoms. The highest BCUT2D eigenvalue weighted by molar-refractivity contribution is 7.99. The van der Waals surface area contributed by atoms with Crippen LogP contribution in [0.15, 0.2) is 23.0 Å². The van der Waals surface area contributed by atoms with Crippen LogP contribution in [0.2, 0.25) is 0 Å². The van der Waals surface area contributed by atoms with Gasteiger partial charge in [-0.05, 0) is 77.0 Å². The van der Waals surface area contributed by atoms with Crippen molar-refractivity contribution in [3.8, 4) is 5.75 Å². The van der Waals surface area contributed by atoms with E-state index in [1.807, 2.05) is 30.0 Å². The average Bonchev–Trinajstić information content (AvgIpc) is 2.72. The lowest BCUT2D eigenvalue weighted by Crippen LogP contribution is -2.31. The predicted octanol–water partition coefficient (Wildman–Crippen LogP) is 2.63. The van der Waals surface area contributed by atoms with Crippen molar-refractivity contribution in [2.24, 2.45) is 5.92 Å². The molecular formula is C21H30N4O2S. The molecule has 2 aromatic rings. The predicted molar refractivity (Wildman–Crippen MR) is 115 cm³/mol. The van der Waals surface area contributed by atoms with Crippen molar-refractivity contribution in [2.45, 2.75) is 36.7 Å². The second kappa shape index (κ2) is 9.29. The van der Waals surface area contributed by atoms with Crippen LogP contribution in [0, 0.1) is 5.92 Å². The summed E-state index contributed by atoms with van der Waals surface area (Å²) in [6.07, 6.45) is 4.72. The van der Waals surface area contributed by atoms with E-state index in [2.05, 4.69) is 22.2 Å². The van der Waals surface area contributed by atoms with Gasteiger partial charge >= 0.3 is 0 Å². The third-order valence-corrected chi connectivity index (χ3v) is 7.18. The molecular weight excluding hydrogens is 372 g/mol. The van der Waals surface area contributed by atoms with Crippen molar-refractivity contribution in [3.63, 3.8) is 0 Å². The Balaban J connectivity index is 1.41. The maximum Gasteiger partial charge on any atom is 0.258 e. The van der Waals surface area contributed by atoms with Gasteiger partial charge in [-0.2, -0.15) is 11.8 Å². The van der Waals surface area contributed by atoms with Gasteiger partial charge in [0.1, 0.15) is 11.6 Å². The van der Waals surface area contributed by atoms with Crippen LogP contribution >= 0.6 is 11.8 Å². The van der Waals surface area contributed by atoms with Gasteiger partial charge in [-0.3, -0.25) is 4.79 Å². The number of rotatable bonds is 6. The van der Waals surface area contributed by atoms with Gasteiger partial charge in [0, 0.05) is 11.3 Å². The lowest BCUT2D eigenvalue weighted by Gasteiger charge is -2.28. The van der Waals surface area contributed by atoms with E-state index in [1.54, 1.807) is 0 Å². The highest BCUT2D eigenvalue weighted by atomic mass is 32.2. The molecule has 1 aromatic heterocycles. The Labute approximate surface area is 170 Å². The number of hydrogen-bond donors (Lipinski definition) is 2. The highest BCUT2D eigenvalue weighted by Crippen LogP contribution is 2.26. The van der Waals surface area contributed by atoms with Gasteiger partial charge in [-0.1, -0.05) is 0 Å². The number of H-pyrrole nitrogens is 1. The van der Waals surface area contributed by atoms with E-state index in [0.717, 1.165) is 68.5 Å². The molecule has 2 N–H and O–H groups in total. The quantitative estimate of drug-likeness (QED) is 0.774. The van der Waals surface area contributed by atoms with Crippen molar-refractivity contribution < 1.29 is 4.74 Å². The van der Waals surface area contributed by atoms with E-state index in [1.165, 1.54) is 12.8 Å². The Morgan fingerprint density at radius 2 is 2.00 bits per heavy atom. The molecule has 0 unspecified atom stereocenters. The minimum atomic E-state index is -0.0612. The Morgan fingerprint density at radius 1 is 1.21 bits per heavy atom. The minimum absolute atomic E-state index is 0.0612. The number of benzene rings is 1. The molecule has 28 heavy (non-hydrogen) atoms. The molecule has 2 aliphatic heterocycles. The second-order valence-corrected chi connectivity index (χ2v) is 9.30. The number of thioether (sulfide) groups is 1. The Morgan fingerprint density at radius 3 is 2.79 bits per heavy atom. The van der Waals surface area contributed by atoms with Gasteiger partial charge in [0.2, 0.25) is 0 Å². The third kappa shape index (κ3) is 5.07. The number of aromatic nitrogens is 2. The zero-order valence-corrected chi connectivity index (χ0v) is 17.4. The van der Waals surface area contributed by atoms with Crippen LogP contribution in [0.4, 0.5) is 0 Å². The summed E-state index contributed by atoms with van der Waals surface area (Å²) >= 11 is 1.91. The van der Waals surface area contributed by atoms with Crippen LogP contribution in [0.1, 0.15) is 31.5 Å². The number of likely N-dealkylation sites (tertiary alicyclic amines) is 1. The summed E-state index contributed by atoms with van der Waals surface area (Å²) in [4.78, 5) is 22.5. The molecule has 4 rings (SSSR count). The van der Waals surface area contributed by atoms with Gasteiger partial charge in [-0.15, -0.1) is 0 Å². The maximum atomic E-state index is 12.5. The topological polar surface area (TPSA) is 70.2 Å². The molecule has 0 spiro atoms. The average molecular weight is 403 g/mol. The lowest BCUT2D eigenvalue weighted by molar-refractivity contribution is 0.215. The van der Waals surface area contributed by atoms with Crippen molar-refractivity contribution in [1.82, 2.24) is 20.2 Å². The fourth-order valence-electron chi connectivity index (χ4n) is 3.94. The largest absolute Gasteiger partial charge is 0.493 e. The third-order valence-electron chi connectivity index (χ3n) is 5.79. The van der Waals surface area contributed by atoms with Crippen LogP contribution in [-0.2, 0) is 5.75 Å². The van der Waals surface area contributed by atoms with Crippen LogP contribution in [0.5, 0.6) is 5.75 Å². The number of hydrogen-bond acceptors (Lipinski definition) is 6. The lowest BCUT2D eigenvalue weighted by atomic mass is 9.99. The van der Waals surface area contributed by atoms with Crippen molar-refractivity contribution in [3.05, 3.63) is 34.4 Å². The number of ether oxygens (including phenoxy) is 1. The standard InChI is InChI=1S/C21H30N4O2S/c1-25-10-6-17(7-11-25)28-14-20-23-19-12-16(2-3-18(19)21(26)24-20)27-13-15-4-8-22-9-5-15/h2-3,12,15,17,22H,4-11,13-14H2,1H3,(H,23,24,26). The number of fused-ring (bicyclic) bond motifs is 1. The number of nitrogens with one attached hydrogen (secondary N) is 2. The monoisotopic (exact) mass is 402 g/mol. The Hall–Kier alpha value is -1.57. The molecule has 2 aliphatic rings. The summed E-state index contributed by atoms with van der Waals surface area (Å²) in [5.74, 6) is 2.92. The second-order valence-electron chi connectivity index (χ2n) is 8.01. The zero-order chi connectivity index (χ0) is 19.3. The smallest absolute Gasteiger partial charge is 0.258 e. The summed E-state index contributed by atoms with van der Waals surface area (Å²) < 4.78 is 6.01. The van der Waals surface area contributed by atoms with Crippen LogP contribution in [0.25, 0.3) is 10.9 Å². The van der Waals surface area contributed by atoms with Crippen molar-refractivity contribution in [2.75, 3.05) is 39.8 Å². The number of aromatic amines is 1. The molecule has 0 amide bonds. The molecule has 0 aliphatic carbocycles. The van der Waals surface area contributed by atoms with E-state index in [-0.39, 0.29) is 5.56 Å². The number of piperidine rings is 2. The maximum absolute atomic E-state index is 12.5. The molecule has 6 nitrogen and oxygen atoms in total. The molecule has 152 valence electrons. The molecule has 3 heterocycles. The van der Waals surface area contributed by atoms with E-state index in [9.17, 15) is 4.79 Å². The first-order valence-electron chi connectivity index (χ1n) is 10.3. The summed E-state index contributed by atoms with van der Waals surface area (Å²) in [6.45, 7) is 5.17. The molecule has 2 saturated heterocycles. The summed E-state index contributed by atoms with van der Waals surface area (Å²) in [5.41, 5.74) is 0.666. The van der Waals surface area contributed by atoms with Gasteiger partial charge < -0.3 is 19.9 Å². The first-order chi connectivity index (χ1) is 13.7.